The van der Waals surface area contributed by atoms with Crippen LogP contribution in [0.15, 0.2) is 5.38 Å². The van der Waals surface area contributed by atoms with E-state index in [-0.39, 0.29) is 12.1 Å². The molecule has 0 aliphatic rings. The second kappa shape index (κ2) is 4.95. The van der Waals surface area contributed by atoms with E-state index < -0.39 is 0 Å². The van der Waals surface area contributed by atoms with Crippen molar-refractivity contribution in [3.63, 3.8) is 0 Å². The molecule has 0 bridgehead atoms. The Morgan fingerprint density at radius 2 is 2.43 bits per heavy atom. The zero-order valence-electron chi connectivity index (χ0n) is 8.63. The van der Waals surface area contributed by atoms with Crippen LogP contribution in [-0.4, -0.2) is 17.1 Å². The summed E-state index contributed by atoms with van der Waals surface area (Å²) in [5.41, 5.74) is 0.925. The Balaban J connectivity index is 2.41. The molecule has 0 fully saturated rings. The molecule has 2 N–H and O–H groups in total. The molecule has 0 saturated carbocycles. The number of rotatable bonds is 3. The number of hydrogen-bond donors (Lipinski definition) is 2. The van der Waals surface area contributed by atoms with E-state index in [1.165, 1.54) is 11.3 Å². The second-order valence-corrected chi connectivity index (χ2v) is 4.06. The first-order valence-corrected chi connectivity index (χ1v) is 5.49. The molecule has 0 aromatic carbocycles. The minimum Gasteiger partial charge on any atom is -0.335 e. The molecule has 1 unspecified atom stereocenters. The third-order valence-electron chi connectivity index (χ3n) is 1.83. The van der Waals surface area contributed by atoms with E-state index in [0.29, 0.717) is 5.13 Å². The van der Waals surface area contributed by atoms with Crippen LogP contribution in [0.25, 0.3) is 0 Å². The van der Waals surface area contributed by atoms with Crippen LogP contribution in [0.3, 0.4) is 0 Å². The standard InChI is InChI=1S/C9H15N3OS/c1-4-6(2)10-8(13)12-9-11-7(3)5-14-9/h5-6H,4H2,1-3H3,(H2,10,11,12,13). The number of thiazole rings is 1. The molecule has 14 heavy (non-hydrogen) atoms. The Labute approximate surface area is 87.7 Å². The molecule has 1 aromatic heterocycles. The lowest BCUT2D eigenvalue weighted by Gasteiger charge is -2.10. The zero-order valence-corrected chi connectivity index (χ0v) is 9.44. The second-order valence-electron chi connectivity index (χ2n) is 3.20. The van der Waals surface area contributed by atoms with E-state index >= 15 is 0 Å². The van der Waals surface area contributed by atoms with Gasteiger partial charge >= 0.3 is 6.03 Å². The highest BCUT2D eigenvalue weighted by Gasteiger charge is 2.06. The van der Waals surface area contributed by atoms with E-state index in [9.17, 15) is 4.79 Å². The summed E-state index contributed by atoms with van der Waals surface area (Å²) in [6.07, 6.45) is 0.921. The molecule has 4 nitrogen and oxygen atoms in total. The van der Waals surface area contributed by atoms with Crippen molar-refractivity contribution in [3.8, 4) is 0 Å². The molecule has 78 valence electrons. The fourth-order valence-corrected chi connectivity index (χ4v) is 1.55. The number of nitrogens with zero attached hydrogens (tertiary/aromatic N) is 1. The molecule has 0 aliphatic carbocycles. The van der Waals surface area contributed by atoms with Crippen molar-refractivity contribution in [2.45, 2.75) is 33.2 Å². The molecule has 0 aliphatic heterocycles. The summed E-state index contributed by atoms with van der Waals surface area (Å²) in [5, 5.41) is 8.03. The summed E-state index contributed by atoms with van der Waals surface area (Å²) in [6, 6.07) is 0.00441. The van der Waals surface area contributed by atoms with Gasteiger partial charge in [0.2, 0.25) is 0 Å². The summed E-state index contributed by atoms with van der Waals surface area (Å²) < 4.78 is 0. The van der Waals surface area contributed by atoms with Crippen molar-refractivity contribution in [1.29, 1.82) is 0 Å². The van der Waals surface area contributed by atoms with Crippen LogP contribution in [0.2, 0.25) is 0 Å². The Kier molecular flexibility index (Phi) is 3.88. The monoisotopic (exact) mass is 213 g/mol. The minimum atomic E-state index is -0.186. The van der Waals surface area contributed by atoms with Gasteiger partial charge in [-0.2, -0.15) is 0 Å². The highest BCUT2D eigenvalue weighted by molar-refractivity contribution is 7.13. The van der Waals surface area contributed by atoms with Gasteiger partial charge in [0.25, 0.3) is 0 Å². The smallest absolute Gasteiger partial charge is 0.321 e. The van der Waals surface area contributed by atoms with Crippen molar-refractivity contribution in [3.05, 3.63) is 11.1 Å². The Morgan fingerprint density at radius 3 is 2.93 bits per heavy atom. The van der Waals surface area contributed by atoms with Crippen molar-refractivity contribution in [1.82, 2.24) is 10.3 Å². The van der Waals surface area contributed by atoms with Gasteiger partial charge in [0.15, 0.2) is 5.13 Å². The maximum Gasteiger partial charge on any atom is 0.321 e. The third kappa shape index (κ3) is 3.33. The predicted molar refractivity (Wildman–Crippen MR) is 58.8 cm³/mol. The molecule has 1 rings (SSSR count). The summed E-state index contributed by atoms with van der Waals surface area (Å²) in [6.45, 7) is 5.89. The van der Waals surface area contributed by atoms with Crippen molar-refractivity contribution < 1.29 is 4.79 Å². The van der Waals surface area contributed by atoms with Crippen LogP contribution in [-0.2, 0) is 0 Å². The average molecular weight is 213 g/mol. The first-order chi connectivity index (χ1) is 6.61. The number of carbonyl (C=O) groups is 1. The lowest BCUT2D eigenvalue weighted by Crippen LogP contribution is -2.35. The summed E-state index contributed by atoms with van der Waals surface area (Å²) >= 11 is 1.43. The van der Waals surface area contributed by atoms with Crippen LogP contribution in [0, 0.1) is 6.92 Å². The van der Waals surface area contributed by atoms with Gasteiger partial charge < -0.3 is 5.32 Å². The molecule has 1 atom stereocenters. The number of urea groups is 1. The van der Waals surface area contributed by atoms with Crippen LogP contribution in [0.1, 0.15) is 26.0 Å². The molecule has 0 spiro atoms. The summed E-state index contributed by atoms with van der Waals surface area (Å²) in [5.74, 6) is 0. The molecule has 1 aromatic rings. The molecule has 0 saturated heterocycles. The number of aromatic nitrogens is 1. The molecular formula is C9H15N3OS. The van der Waals surface area contributed by atoms with Crippen LogP contribution in [0.5, 0.6) is 0 Å². The Bertz CT molecular complexity index is 311. The van der Waals surface area contributed by atoms with Gasteiger partial charge in [-0.1, -0.05) is 6.92 Å². The number of amides is 2. The quantitative estimate of drug-likeness (QED) is 0.810. The SMILES string of the molecule is CCC(C)NC(=O)Nc1nc(C)cs1. The highest BCUT2D eigenvalue weighted by Crippen LogP contribution is 2.13. The topological polar surface area (TPSA) is 54.0 Å². The fraction of sp³-hybridized carbons (Fsp3) is 0.556. The maximum absolute atomic E-state index is 11.3. The Morgan fingerprint density at radius 1 is 1.71 bits per heavy atom. The minimum absolute atomic E-state index is 0.186. The van der Waals surface area contributed by atoms with Gasteiger partial charge in [0.05, 0.1) is 5.69 Å². The average Bonchev–Trinajstić information content (AvgIpc) is 2.50. The van der Waals surface area contributed by atoms with Crippen LogP contribution < -0.4 is 10.6 Å². The maximum atomic E-state index is 11.3. The number of hydrogen-bond acceptors (Lipinski definition) is 3. The number of aryl methyl sites for hydroxylation is 1. The zero-order chi connectivity index (χ0) is 10.6. The highest BCUT2D eigenvalue weighted by atomic mass is 32.1. The van der Waals surface area contributed by atoms with Gasteiger partial charge in [-0.15, -0.1) is 11.3 Å². The van der Waals surface area contributed by atoms with Gasteiger partial charge in [-0.25, -0.2) is 9.78 Å². The van der Waals surface area contributed by atoms with Gasteiger partial charge in [0, 0.05) is 11.4 Å². The largest absolute Gasteiger partial charge is 0.335 e. The van der Waals surface area contributed by atoms with Crippen molar-refractivity contribution in [2.24, 2.45) is 0 Å². The first kappa shape index (κ1) is 11.0. The molecule has 5 heteroatoms. The third-order valence-corrected chi connectivity index (χ3v) is 2.70. The lowest BCUT2D eigenvalue weighted by atomic mass is 10.3. The Hall–Kier alpha value is -1.10. The number of nitrogens with one attached hydrogen (secondary N) is 2. The van der Waals surface area contributed by atoms with Crippen molar-refractivity contribution >= 4 is 22.5 Å². The summed E-state index contributed by atoms with van der Waals surface area (Å²) in [4.78, 5) is 15.5. The van der Waals surface area contributed by atoms with E-state index in [0.717, 1.165) is 12.1 Å². The summed E-state index contributed by atoms with van der Waals surface area (Å²) in [7, 11) is 0. The van der Waals surface area contributed by atoms with E-state index in [4.69, 9.17) is 0 Å². The molecule has 0 radical (unpaired) electrons. The predicted octanol–water partition coefficient (Wildman–Crippen LogP) is 2.37. The van der Waals surface area contributed by atoms with E-state index in [2.05, 4.69) is 15.6 Å². The molecular weight excluding hydrogens is 198 g/mol. The number of anilines is 1. The molecule has 1 heterocycles. The number of carbonyl (C=O) groups excluding carboxylic acids is 1. The van der Waals surface area contributed by atoms with Gasteiger partial charge in [-0.3, -0.25) is 5.32 Å². The van der Waals surface area contributed by atoms with Crippen LogP contribution >= 0.6 is 11.3 Å². The normalized spacial score (nSPS) is 12.2. The van der Waals surface area contributed by atoms with Crippen molar-refractivity contribution in [2.75, 3.05) is 5.32 Å². The van der Waals surface area contributed by atoms with E-state index in [1.807, 2.05) is 26.2 Å². The van der Waals surface area contributed by atoms with E-state index in [1.54, 1.807) is 0 Å². The van der Waals surface area contributed by atoms with Gasteiger partial charge in [-0.05, 0) is 20.3 Å². The van der Waals surface area contributed by atoms with Crippen LogP contribution in [0.4, 0.5) is 9.93 Å². The fourth-order valence-electron chi connectivity index (χ4n) is 0.870. The lowest BCUT2D eigenvalue weighted by molar-refractivity contribution is 0.249. The van der Waals surface area contributed by atoms with Gasteiger partial charge in [0.1, 0.15) is 0 Å². The first-order valence-electron chi connectivity index (χ1n) is 4.61. The molecule has 2 amide bonds.